The van der Waals surface area contributed by atoms with Crippen LogP contribution >= 0.6 is 23.1 Å². The first kappa shape index (κ1) is 22.2. The van der Waals surface area contributed by atoms with Crippen molar-refractivity contribution in [2.75, 3.05) is 18.4 Å². The third-order valence-corrected chi connectivity index (χ3v) is 8.05. The van der Waals surface area contributed by atoms with E-state index in [1.54, 1.807) is 18.2 Å². The van der Waals surface area contributed by atoms with Gasteiger partial charge in [0.25, 0.3) is 5.91 Å². The zero-order valence-electron chi connectivity index (χ0n) is 16.7. The second-order valence-corrected chi connectivity index (χ2v) is 10.3. The highest BCUT2D eigenvalue weighted by molar-refractivity contribution is 8.01. The molecule has 0 radical (unpaired) electrons. The first-order valence-corrected chi connectivity index (χ1v) is 11.6. The second kappa shape index (κ2) is 8.84. The van der Waals surface area contributed by atoms with Crippen molar-refractivity contribution in [2.45, 2.75) is 47.1 Å². The van der Waals surface area contributed by atoms with E-state index in [1.165, 1.54) is 35.2 Å². The van der Waals surface area contributed by atoms with E-state index < -0.39 is 12.1 Å². The summed E-state index contributed by atoms with van der Waals surface area (Å²) in [4.78, 5) is 27.6. The molecule has 1 aromatic heterocycles. The highest BCUT2D eigenvalue weighted by Gasteiger charge is 2.40. The summed E-state index contributed by atoms with van der Waals surface area (Å²) in [6.07, 6.45) is -2.71. The Hall–Kier alpha value is -2.04. The summed E-state index contributed by atoms with van der Waals surface area (Å²) in [6.45, 7) is 4.36. The average Bonchev–Trinajstić information content (AvgIpc) is 3.19. The third kappa shape index (κ3) is 5.07. The maximum absolute atomic E-state index is 12.8. The molecule has 4 heterocycles. The van der Waals surface area contributed by atoms with Crippen LogP contribution in [-0.4, -0.2) is 48.1 Å². The Morgan fingerprint density at radius 1 is 1.16 bits per heavy atom. The number of nitrogens with zero attached hydrogens (tertiary/aromatic N) is 1. The molecule has 5 nitrogen and oxygen atoms in total. The smallest absolute Gasteiger partial charge is 0.347 e. The van der Waals surface area contributed by atoms with Crippen molar-refractivity contribution in [3.05, 3.63) is 41.3 Å². The van der Waals surface area contributed by atoms with Gasteiger partial charge in [-0.3, -0.25) is 14.5 Å². The van der Waals surface area contributed by atoms with Gasteiger partial charge in [0, 0.05) is 22.7 Å². The van der Waals surface area contributed by atoms with Gasteiger partial charge in [0.1, 0.15) is 0 Å². The summed E-state index contributed by atoms with van der Waals surface area (Å²) in [5, 5.41) is 5.06. The number of piperidine rings is 3. The van der Waals surface area contributed by atoms with Crippen LogP contribution in [0.1, 0.15) is 29.4 Å². The minimum Gasteiger partial charge on any atom is -0.347 e. The lowest BCUT2D eigenvalue weighted by atomic mass is 9.79. The molecule has 166 valence electrons. The van der Waals surface area contributed by atoms with E-state index in [0.29, 0.717) is 21.7 Å². The number of halogens is 3. The van der Waals surface area contributed by atoms with Crippen molar-refractivity contribution in [3.8, 4) is 0 Å². The molecule has 1 aromatic carbocycles. The predicted molar refractivity (Wildman–Crippen MR) is 115 cm³/mol. The molecule has 3 aliphatic rings. The molecule has 0 saturated carbocycles. The molecule has 2 amide bonds. The Kier molecular flexibility index (Phi) is 6.32. The van der Waals surface area contributed by atoms with Gasteiger partial charge in [-0.2, -0.15) is 13.2 Å². The van der Waals surface area contributed by atoms with Crippen molar-refractivity contribution in [1.82, 2.24) is 10.2 Å². The highest BCUT2D eigenvalue weighted by Crippen LogP contribution is 2.36. The third-order valence-electron chi connectivity index (χ3n) is 5.85. The fourth-order valence-corrected chi connectivity index (χ4v) is 6.29. The molecule has 2 N–H and O–H groups in total. The molecule has 0 unspecified atom stereocenters. The summed E-state index contributed by atoms with van der Waals surface area (Å²) in [5.41, 5.74) is 0.0678. The summed E-state index contributed by atoms with van der Waals surface area (Å²) >= 11 is 2.67. The Balaban J connectivity index is 1.38. The van der Waals surface area contributed by atoms with Crippen LogP contribution in [0.5, 0.6) is 0 Å². The second-order valence-electron chi connectivity index (χ2n) is 7.81. The number of carbonyl (C=O) groups is 2. The normalized spacial score (nSPS) is 25.3. The quantitative estimate of drug-likeness (QED) is 0.671. The van der Waals surface area contributed by atoms with E-state index >= 15 is 0 Å². The van der Waals surface area contributed by atoms with Crippen molar-refractivity contribution >= 4 is 40.6 Å². The molecule has 31 heavy (non-hydrogen) atoms. The van der Waals surface area contributed by atoms with Gasteiger partial charge in [-0.15, -0.1) is 11.3 Å². The standard InChI is InChI=1S/C21H22F3N3O2S2/c1-12-18(13-7-9-27(12)10-8-13)26-19(28)16-5-6-17(31-16)30-15-4-2-3-14(11-15)25-20(29)21(22,23)24/h2-6,11-13,18H,7-10H2,1H3,(H,25,29)(H,26,28)/t12-,18+/m1/s1. The van der Waals surface area contributed by atoms with E-state index in [4.69, 9.17) is 0 Å². The topological polar surface area (TPSA) is 61.4 Å². The van der Waals surface area contributed by atoms with E-state index in [-0.39, 0.29) is 17.6 Å². The van der Waals surface area contributed by atoms with Crippen LogP contribution in [0.2, 0.25) is 0 Å². The van der Waals surface area contributed by atoms with Crippen LogP contribution in [0.25, 0.3) is 0 Å². The van der Waals surface area contributed by atoms with Crippen LogP contribution in [0.4, 0.5) is 18.9 Å². The summed E-state index contributed by atoms with van der Waals surface area (Å²) in [6, 6.07) is 10.3. The number of thiophene rings is 1. The van der Waals surface area contributed by atoms with E-state index in [1.807, 2.05) is 11.4 Å². The monoisotopic (exact) mass is 469 g/mol. The zero-order chi connectivity index (χ0) is 22.2. The van der Waals surface area contributed by atoms with E-state index in [9.17, 15) is 22.8 Å². The highest BCUT2D eigenvalue weighted by atomic mass is 32.2. The number of anilines is 1. The van der Waals surface area contributed by atoms with Gasteiger partial charge in [0.2, 0.25) is 0 Å². The molecule has 3 aliphatic heterocycles. The Labute approximate surface area is 186 Å². The van der Waals surface area contributed by atoms with Crippen LogP contribution in [-0.2, 0) is 4.79 Å². The van der Waals surface area contributed by atoms with Gasteiger partial charge in [-0.05, 0) is 69.1 Å². The zero-order valence-corrected chi connectivity index (χ0v) is 18.4. The number of hydrogen-bond donors (Lipinski definition) is 2. The van der Waals surface area contributed by atoms with Crippen molar-refractivity contribution in [1.29, 1.82) is 0 Å². The number of rotatable bonds is 5. The molecule has 5 rings (SSSR count). The van der Waals surface area contributed by atoms with E-state index in [0.717, 1.165) is 30.1 Å². The molecule has 10 heteroatoms. The first-order chi connectivity index (χ1) is 14.7. The fourth-order valence-electron chi connectivity index (χ4n) is 4.22. The minimum absolute atomic E-state index is 0.0678. The molecule has 0 spiro atoms. The lowest BCUT2D eigenvalue weighted by molar-refractivity contribution is -0.167. The minimum atomic E-state index is -4.94. The maximum Gasteiger partial charge on any atom is 0.471 e. The Bertz CT molecular complexity index is 969. The number of carbonyl (C=O) groups excluding carboxylic acids is 2. The molecule has 2 atom stereocenters. The Morgan fingerprint density at radius 2 is 1.90 bits per heavy atom. The summed E-state index contributed by atoms with van der Waals surface area (Å²) in [5.74, 6) is -1.58. The number of fused-ring (bicyclic) bond motifs is 3. The van der Waals surface area contributed by atoms with Gasteiger partial charge < -0.3 is 10.6 Å². The number of nitrogens with one attached hydrogen (secondary N) is 2. The number of benzene rings is 1. The molecule has 3 saturated heterocycles. The van der Waals surface area contributed by atoms with Crippen LogP contribution in [0, 0.1) is 5.92 Å². The molecule has 3 fully saturated rings. The molecule has 2 bridgehead atoms. The van der Waals surface area contributed by atoms with Gasteiger partial charge in [0.15, 0.2) is 0 Å². The maximum atomic E-state index is 12.8. The fraction of sp³-hybridized carbons (Fsp3) is 0.429. The lowest BCUT2D eigenvalue weighted by Crippen LogP contribution is -2.62. The number of alkyl halides is 3. The Morgan fingerprint density at radius 3 is 2.58 bits per heavy atom. The molecular weight excluding hydrogens is 447 g/mol. The van der Waals surface area contributed by atoms with Gasteiger partial charge in [0.05, 0.1) is 9.09 Å². The van der Waals surface area contributed by atoms with Crippen LogP contribution in [0.3, 0.4) is 0 Å². The predicted octanol–water partition coefficient (Wildman–Crippen LogP) is 4.61. The summed E-state index contributed by atoms with van der Waals surface area (Å²) < 4.78 is 38.2. The lowest BCUT2D eigenvalue weighted by Gasteiger charge is -2.49. The number of hydrogen-bond acceptors (Lipinski definition) is 5. The molecule has 0 aliphatic carbocycles. The van der Waals surface area contributed by atoms with Crippen LogP contribution < -0.4 is 10.6 Å². The average molecular weight is 470 g/mol. The van der Waals surface area contributed by atoms with Crippen LogP contribution in [0.15, 0.2) is 45.5 Å². The number of amides is 2. The SMILES string of the molecule is C[C@@H]1[C@H](NC(=O)c2ccc(Sc3cccc(NC(=O)C(F)(F)F)c3)s2)C2CCN1CC2. The van der Waals surface area contributed by atoms with E-state index in [2.05, 4.69) is 17.1 Å². The van der Waals surface area contributed by atoms with Crippen molar-refractivity contribution < 1.29 is 22.8 Å². The summed E-state index contributed by atoms with van der Waals surface area (Å²) in [7, 11) is 0. The van der Waals surface area contributed by atoms with Gasteiger partial charge in [-0.25, -0.2) is 0 Å². The molecule has 2 aromatic rings. The largest absolute Gasteiger partial charge is 0.471 e. The van der Waals surface area contributed by atoms with Gasteiger partial charge in [-0.1, -0.05) is 17.8 Å². The van der Waals surface area contributed by atoms with Gasteiger partial charge >= 0.3 is 12.1 Å². The molecular formula is C21H22F3N3O2S2. The first-order valence-electron chi connectivity index (χ1n) is 10.0. The van der Waals surface area contributed by atoms with Crippen molar-refractivity contribution in [2.24, 2.45) is 5.92 Å². The van der Waals surface area contributed by atoms with Crippen molar-refractivity contribution in [3.63, 3.8) is 0 Å².